The zero-order valence-corrected chi connectivity index (χ0v) is 9.81. The maximum Gasteiger partial charge on any atom is 0.234 e. The molecule has 0 atom stereocenters. The Morgan fingerprint density at radius 2 is 2.00 bits per heavy atom. The van der Waals surface area contributed by atoms with E-state index in [9.17, 15) is 4.79 Å². The highest BCUT2D eigenvalue weighted by atomic mass is 35.6. The van der Waals surface area contributed by atoms with Gasteiger partial charge in [-0.2, -0.15) is 0 Å². The molecule has 0 radical (unpaired) electrons. The van der Waals surface area contributed by atoms with Gasteiger partial charge in [-0.15, -0.1) is 5.10 Å². The van der Waals surface area contributed by atoms with Crippen LogP contribution in [0.3, 0.4) is 0 Å². The van der Waals surface area contributed by atoms with Crippen LogP contribution >= 0.6 is 34.8 Å². The van der Waals surface area contributed by atoms with Crippen molar-refractivity contribution in [3.8, 4) is 0 Å². The molecule has 14 heavy (non-hydrogen) atoms. The lowest BCUT2D eigenvalue weighted by molar-refractivity contribution is 0.111. The van der Waals surface area contributed by atoms with Gasteiger partial charge in [-0.05, 0) is 13.8 Å². The Hall–Kier alpha value is -0.320. The molecule has 1 heterocycles. The highest BCUT2D eigenvalue weighted by Gasteiger charge is 2.33. The number of nitrogens with zero attached hydrogens (tertiary/aromatic N) is 3. The third kappa shape index (κ3) is 2.19. The molecule has 0 aliphatic carbocycles. The topological polar surface area (TPSA) is 47.8 Å². The lowest BCUT2D eigenvalue weighted by Gasteiger charge is -2.15. The first-order valence-corrected chi connectivity index (χ1v) is 4.99. The summed E-state index contributed by atoms with van der Waals surface area (Å²) in [4.78, 5) is 10.6. The summed E-state index contributed by atoms with van der Waals surface area (Å²) in [6.45, 7) is 3.70. The van der Waals surface area contributed by atoms with Crippen LogP contribution in [0.5, 0.6) is 0 Å². The summed E-state index contributed by atoms with van der Waals surface area (Å²) < 4.78 is -0.277. The van der Waals surface area contributed by atoms with E-state index in [2.05, 4.69) is 10.3 Å². The minimum Gasteiger partial charge on any atom is -0.296 e. The molecule has 7 heteroatoms. The third-order valence-corrected chi connectivity index (χ3v) is 2.13. The van der Waals surface area contributed by atoms with Crippen molar-refractivity contribution >= 4 is 41.1 Å². The van der Waals surface area contributed by atoms with Gasteiger partial charge >= 0.3 is 0 Å². The first-order chi connectivity index (χ1) is 6.38. The van der Waals surface area contributed by atoms with Crippen LogP contribution in [-0.4, -0.2) is 21.3 Å². The van der Waals surface area contributed by atoms with E-state index in [0.29, 0.717) is 6.29 Å². The minimum atomic E-state index is -1.69. The van der Waals surface area contributed by atoms with E-state index >= 15 is 0 Å². The second kappa shape index (κ2) is 4.04. The molecule has 0 fully saturated rings. The van der Waals surface area contributed by atoms with Crippen LogP contribution in [0.2, 0.25) is 0 Å². The van der Waals surface area contributed by atoms with Gasteiger partial charge in [-0.1, -0.05) is 40.0 Å². The second-order valence-electron chi connectivity index (χ2n) is 2.98. The molecule has 0 aliphatic heterocycles. The molecule has 0 amide bonds. The number of aldehydes is 1. The predicted octanol–water partition coefficient (Wildman–Crippen LogP) is 2.50. The van der Waals surface area contributed by atoms with Crippen molar-refractivity contribution in [2.45, 2.75) is 23.7 Å². The van der Waals surface area contributed by atoms with Crippen molar-refractivity contribution in [2.24, 2.45) is 0 Å². The molecule has 0 aromatic carbocycles. The molecule has 0 spiro atoms. The SMILES string of the molecule is CC(C)n1nnc(C=O)c1C(Cl)(Cl)Cl. The molecule has 0 N–H and O–H groups in total. The number of alkyl halides is 3. The van der Waals surface area contributed by atoms with Gasteiger partial charge < -0.3 is 0 Å². The Morgan fingerprint density at radius 3 is 2.36 bits per heavy atom. The van der Waals surface area contributed by atoms with Gasteiger partial charge in [0, 0.05) is 6.04 Å². The number of hydrogen-bond donors (Lipinski definition) is 0. The van der Waals surface area contributed by atoms with Crippen LogP contribution in [0, 0.1) is 0 Å². The van der Waals surface area contributed by atoms with Crippen LogP contribution in [0.25, 0.3) is 0 Å². The van der Waals surface area contributed by atoms with E-state index in [1.165, 1.54) is 4.68 Å². The summed E-state index contributed by atoms with van der Waals surface area (Å²) in [7, 11) is 0. The molecule has 4 nitrogen and oxygen atoms in total. The molecular weight excluding hydrogens is 248 g/mol. The number of carbonyl (C=O) groups is 1. The second-order valence-corrected chi connectivity index (χ2v) is 5.26. The van der Waals surface area contributed by atoms with E-state index in [-0.39, 0.29) is 17.4 Å². The largest absolute Gasteiger partial charge is 0.296 e. The van der Waals surface area contributed by atoms with E-state index in [1.807, 2.05) is 13.8 Å². The van der Waals surface area contributed by atoms with E-state index in [4.69, 9.17) is 34.8 Å². The summed E-state index contributed by atoms with van der Waals surface area (Å²) in [6.07, 6.45) is 0.517. The van der Waals surface area contributed by atoms with Crippen molar-refractivity contribution in [3.63, 3.8) is 0 Å². The fourth-order valence-electron chi connectivity index (χ4n) is 1.02. The Balaban J connectivity index is 3.34. The fourth-order valence-corrected chi connectivity index (χ4v) is 1.57. The minimum absolute atomic E-state index is 0.0261. The van der Waals surface area contributed by atoms with Crippen molar-refractivity contribution in [2.75, 3.05) is 0 Å². The van der Waals surface area contributed by atoms with Gasteiger partial charge in [0.15, 0.2) is 12.0 Å². The normalized spacial score (nSPS) is 12.1. The van der Waals surface area contributed by atoms with E-state index in [1.54, 1.807) is 0 Å². The highest BCUT2D eigenvalue weighted by Crippen LogP contribution is 2.39. The Labute approximate surface area is 96.1 Å². The van der Waals surface area contributed by atoms with Gasteiger partial charge in [0.05, 0.1) is 0 Å². The maximum absolute atomic E-state index is 10.6. The fraction of sp³-hybridized carbons (Fsp3) is 0.571. The average molecular weight is 257 g/mol. The van der Waals surface area contributed by atoms with Crippen LogP contribution < -0.4 is 0 Å². The van der Waals surface area contributed by atoms with E-state index in [0.717, 1.165) is 0 Å². The molecule has 0 saturated carbocycles. The van der Waals surface area contributed by atoms with Gasteiger partial charge in [-0.3, -0.25) is 4.79 Å². The summed E-state index contributed by atoms with van der Waals surface area (Å²) in [5.74, 6) is 0. The van der Waals surface area contributed by atoms with Crippen LogP contribution in [0.1, 0.15) is 36.1 Å². The van der Waals surface area contributed by atoms with Crippen LogP contribution in [0.4, 0.5) is 0 Å². The molecule has 0 aliphatic rings. The molecule has 1 rings (SSSR count). The quantitative estimate of drug-likeness (QED) is 0.603. The Morgan fingerprint density at radius 1 is 1.43 bits per heavy atom. The maximum atomic E-state index is 10.6. The molecule has 78 valence electrons. The van der Waals surface area contributed by atoms with Crippen molar-refractivity contribution in [1.29, 1.82) is 0 Å². The molecule has 0 bridgehead atoms. The molecule has 1 aromatic rings. The van der Waals surface area contributed by atoms with Crippen LogP contribution in [-0.2, 0) is 3.79 Å². The number of carbonyl (C=O) groups excluding carboxylic acids is 1. The Kier molecular flexibility index (Phi) is 3.40. The Bertz CT molecular complexity index is 342. The van der Waals surface area contributed by atoms with Crippen molar-refractivity contribution in [1.82, 2.24) is 15.0 Å². The summed E-state index contributed by atoms with van der Waals surface area (Å²) in [6, 6.07) is -0.0261. The number of rotatable bonds is 2. The lowest BCUT2D eigenvalue weighted by Crippen LogP contribution is -2.15. The lowest BCUT2D eigenvalue weighted by atomic mass is 10.3. The molecule has 0 saturated heterocycles. The van der Waals surface area contributed by atoms with Gasteiger partial charge in [-0.25, -0.2) is 4.68 Å². The summed E-state index contributed by atoms with van der Waals surface area (Å²) in [5, 5.41) is 7.35. The van der Waals surface area contributed by atoms with E-state index < -0.39 is 3.79 Å². The predicted molar refractivity (Wildman–Crippen MR) is 55.0 cm³/mol. The van der Waals surface area contributed by atoms with Crippen molar-refractivity contribution < 1.29 is 4.79 Å². The number of halogens is 3. The standard InChI is InChI=1S/C7H8Cl3N3O/c1-4(2)13-6(7(8,9)10)5(3-14)11-12-13/h3-4H,1-2H3. The summed E-state index contributed by atoms with van der Waals surface area (Å²) in [5.41, 5.74) is 0.256. The molecule has 1 aromatic heterocycles. The van der Waals surface area contributed by atoms with Gasteiger partial charge in [0.2, 0.25) is 3.79 Å². The average Bonchev–Trinajstić information content (AvgIpc) is 2.45. The monoisotopic (exact) mass is 255 g/mol. The smallest absolute Gasteiger partial charge is 0.234 e. The first kappa shape index (κ1) is 11.8. The van der Waals surface area contributed by atoms with Gasteiger partial charge in [0.25, 0.3) is 0 Å². The third-order valence-electron chi connectivity index (χ3n) is 1.59. The zero-order chi connectivity index (χ0) is 10.9. The number of aromatic nitrogens is 3. The summed E-state index contributed by atoms with van der Waals surface area (Å²) >= 11 is 17.1. The molecule has 0 unspecified atom stereocenters. The van der Waals surface area contributed by atoms with Crippen molar-refractivity contribution in [3.05, 3.63) is 11.4 Å². The van der Waals surface area contributed by atoms with Gasteiger partial charge in [0.1, 0.15) is 5.69 Å². The first-order valence-electron chi connectivity index (χ1n) is 3.85. The zero-order valence-electron chi connectivity index (χ0n) is 7.54. The van der Waals surface area contributed by atoms with Crippen LogP contribution in [0.15, 0.2) is 0 Å². The molecular formula is C7H8Cl3N3O. The highest BCUT2D eigenvalue weighted by molar-refractivity contribution is 6.66. The number of hydrogen-bond acceptors (Lipinski definition) is 3.